The van der Waals surface area contributed by atoms with Gasteiger partial charge in [0, 0.05) is 18.9 Å². The number of unbranched alkanes of at least 4 members (excludes halogenated alkanes) is 2. The van der Waals surface area contributed by atoms with E-state index in [2.05, 4.69) is 0 Å². The van der Waals surface area contributed by atoms with Gasteiger partial charge in [-0.05, 0) is 25.7 Å². The van der Waals surface area contributed by atoms with Gasteiger partial charge in [0.2, 0.25) is 0 Å². The van der Waals surface area contributed by atoms with Crippen LogP contribution in [0.25, 0.3) is 0 Å². The van der Waals surface area contributed by atoms with E-state index in [-0.39, 0.29) is 6.61 Å². The zero-order valence-corrected chi connectivity index (χ0v) is 8.30. The van der Waals surface area contributed by atoms with Crippen molar-refractivity contribution in [3.05, 3.63) is 0 Å². The van der Waals surface area contributed by atoms with Crippen molar-refractivity contribution in [2.75, 3.05) is 6.61 Å². The van der Waals surface area contributed by atoms with Crippen LogP contribution < -0.4 is 0 Å². The number of rotatable bonds is 6. The highest BCUT2D eigenvalue weighted by atomic mass is 16.2. The molecule has 0 aliphatic heterocycles. The second kappa shape index (κ2) is 6.14. The summed E-state index contributed by atoms with van der Waals surface area (Å²) < 4.78 is 0. The molecule has 1 saturated carbocycles. The molecule has 0 heterocycles. The summed E-state index contributed by atoms with van der Waals surface area (Å²) in [6.07, 6.45) is 8.28. The zero-order chi connectivity index (χ0) is 9.52. The van der Waals surface area contributed by atoms with Gasteiger partial charge in [-0.15, -0.1) is 0 Å². The third kappa shape index (κ3) is 3.90. The third-order valence-corrected chi connectivity index (χ3v) is 2.89. The standard InChI is InChI=1S/C11H20O2/c12-9-5-1-2-8-11(13)10-6-3-4-7-10/h10,12H,1-9H2. The molecule has 1 aliphatic rings. The van der Waals surface area contributed by atoms with Gasteiger partial charge < -0.3 is 5.11 Å². The molecule has 76 valence electrons. The van der Waals surface area contributed by atoms with E-state index in [0.717, 1.165) is 38.5 Å². The van der Waals surface area contributed by atoms with Crippen LogP contribution in [0.5, 0.6) is 0 Å². The van der Waals surface area contributed by atoms with E-state index in [1.54, 1.807) is 0 Å². The van der Waals surface area contributed by atoms with Crippen LogP contribution in [-0.4, -0.2) is 17.5 Å². The molecule has 1 aliphatic carbocycles. The summed E-state index contributed by atoms with van der Waals surface area (Å²) in [5.74, 6) is 0.851. The Morgan fingerprint density at radius 1 is 1.15 bits per heavy atom. The van der Waals surface area contributed by atoms with Crippen LogP contribution in [0.4, 0.5) is 0 Å². The van der Waals surface area contributed by atoms with Crippen molar-refractivity contribution >= 4 is 5.78 Å². The van der Waals surface area contributed by atoms with E-state index < -0.39 is 0 Å². The molecule has 0 spiro atoms. The maximum atomic E-state index is 11.5. The van der Waals surface area contributed by atoms with Crippen molar-refractivity contribution in [3.63, 3.8) is 0 Å². The minimum atomic E-state index is 0.262. The van der Waals surface area contributed by atoms with E-state index in [9.17, 15) is 4.79 Å². The van der Waals surface area contributed by atoms with Crippen LogP contribution in [0.1, 0.15) is 51.4 Å². The summed E-state index contributed by atoms with van der Waals surface area (Å²) in [4.78, 5) is 11.5. The van der Waals surface area contributed by atoms with Crippen molar-refractivity contribution in [3.8, 4) is 0 Å². The maximum absolute atomic E-state index is 11.5. The molecule has 0 aromatic rings. The van der Waals surface area contributed by atoms with Gasteiger partial charge in [-0.3, -0.25) is 4.79 Å². The van der Waals surface area contributed by atoms with Gasteiger partial charge in [-0.1, -0.05) is 19.3 Å². The van der Waals surface area contributed by atoms with Gasteiger partial charge in [-0.25, -0.2) is 0 Å². The molecule has 0 radical (unpaired) electrons. The lowest BCUT2D eigenvalue weighted by molar-refractivity contribution is -0.122. The van der Waals surface area contributed by atoms with Crippen LogP contribution in [0.3, 0.4) is 0 Å². The fourth-order valence-electron chi connectivity index (χ4n) is 2.04. The number of Topliss-reactive ketones (excluding diaryl/α,β-unsaturated/α-hetero) is 1. The number of aliphatic hydroxyl groups is 1. The summed E-state index contributed by atoms with van der Waals surface area (Å²) >= 11 is 0. The van der Waals surface area contributed by atoms with E-state index in [1.807, 2.05) is 0 Å². The van der Waals surface area contributed by atoms with Crippen molar-refractivity contribution < 1.29 is 9.90 Å². The highest BCUT2D eigenvalue weighted by molar-refractivity contribution is 5.81. The SMILES string of the molecule is O=C(CCCCCO)C1CCCC1. The summed E-state index contributed by atoms with van der Waals surface area (Å²) in [6.45, 7) is 0.262. The number of hydrogen-bond donors (Lipinski definition) is 1. The second-order valence-electron chi connectivity index (χ2n) is 3.98. The molecule has 0 aromatic carbocycles. The average Bonchev–Trinajstić information content (AvgIpc) is 2.65. The Balaban J connectivity index is 2.03. The van der Waals surface area contributed by atoms with Gasteiger partial charge in [0.1, 0.15) is 5.78 Å². The molecule has 1 rings (SSSR count). The highest BCUT2D eigenvalue weighted by Crippen LogP contribution is 2.26. The quantitative estimate of drug-likeness (QED) is 0.643. The molecule has 1 N–H and O–H groups in total. The van der Waals surface area contributed by atoms with E-state index in [1.165, 1.54) is 12.8 Å². The maximum Gasteiger partial charge on any atom is 0.135 e. The van der Waals surface area contributed by atoms with Gasteiger partial charge in [0.25, 0.3) is 0 Å². The number of hydrogen-bond acceptors (Lipinski definition) is 2. The van der Waals surface area contributed by atoms with Crippen molar-refractivity contribution in [2.24, 2.45) is 5.92 Å². The van der Waals surface area contributed by atoms with Crippen LogP contribution in [0, 0.1) is 5.92 Å². The number of aliphatic hydroxyl groups excluding tert-OH is 1. The second-order valence-corrected chi connectivity index (χ2v) is 3.98. The van der Waals surface area contributed by atoms with Crippen LogP contribution in [-0.2, 0) is 4.79 Å². The lowest BCUT2D eigenvalue weighted by Gasteiger charge is -2.06. The van der Waals surface area contributed by atoms with E-state index >= 15 is 0 Å². The summed E-state index contributed by atoms with van der Waals surface area (Å²) in [5.41, 5.74) is 0. The highest BCUT2D eigenvalue weighted by Gasteiger charge is 2.21. The minimum Gasteiger partial charge on any atom is -0.396 e. The topological polar surface area (TPSA) is 37.3 Å². The Bertz CT molecular complexity index is 148. The number of ketones is 1. The Morgan fingerprint density at radius 2 is 1.85 bits per heavy atom. The van der Waals surface area contributed by atoms with Crippen LogP contribution in [0.2, 0.25) is 0 Å². The molecule has 2 heteroatoms. The number of carbonyl (C=O) groups is 1. The summed E-state index contributed by atoms with van der Waals surface area (Å²) in [5, 5.41) is 8.56. The average molecular weight is 184 g/mol. The summed E-state index contributed by atoms with van der Waals surface area (Å²) in [7, 11) is 0. The Hall–Kier alpha value is -0.370. The molecule has 13 heavy (non-hydrogen) atoms. The van der Waals surface area contributed by atoms with E-state index in [0.29, 0.717) is 11.7 Å². The fourth-order valence-corrected chi connectivity index (χ4v) is 2.04. The van der Waals surface area contributed by atoms with Crippen molar-refractivity contribution in [1.82, 2.24) is 0 Å². The molecule has 0 aromatic heterocycles. The smallest absolute Gasteiger partial charge is 0.135 e. The lowest BCUT2D eigenvalue weighted by Crippen LogP contribution is -2.10. The van der Waals surface area contributed by atoms with Gasteiger partial charge in [-0.2, -0.15) is 0 Å². The molecule has 0 saturated heterocycles. The molecule has 1 fully saturated rings. The first kappa shape index (κ1) is 10.7. The monoisotopic (exact) mass is 184 g/mol. The largest absolute Gasteiger partial charge is 0.396 e. The zero-order valence-electron chi connectivity index (χ0n) is 8.30. The van der Waals surface area contributed by atoms with Crippen LogP contribution in [0.15, 0.2) is 0 Å². The first-order valence-corrected chi connectivity index (χ1v) is 5.48. The third-order valence-electron chi connectivity index (χ3n) is 2.89. The molecule has 0 amide bonds. The molecular weight excluding hydrogens is 164 g/mol. The number of carbonyl (C=O) groups excluding carboxylic acids is 1. The first-order chi connectivity index (χ1) is 6.34. The Kier molecular flexibility index (Phi) is 5.06. The molecule has 0 bridgehead atoms. The molecule has 2 nitrogen and oxygen atoms in total. The predicted octanol–water partition coefficient (Wildman–Crippen LogP) is 2.30. The van der Waals surface area contributed by atoms with Gasteiger partial charge in [0.05, 0.1) is 0 Å². The molecule has 0 unspecified atom stereocenters. The predicted molar refractivity (Wildman–Crippen MR) is 52.5 cm³/mol. The van der Waals surface area contributed by atoms with Gasteiger partial charge >= 0.3 is 0 Å². The Morgan fingerprint density at radius 3 is 2.46 bits per heavy atom. The lowest BCUT2D eigenvalue weighted by atomic mass is 9.98. The minimum absolute atomic E-state index is 0.262. The summed E-state index contributed by atoms with van der Waals surface area (Å²) in [6, 6.07) is 0. The first-order valence-electron chi connectivity index (χ1n) is 5.48. The molecule has 0 atom stereocenters. The van der Waals surface area contributed by atoms with Crippen molar-refractivity contribution in [2.45, 2.75) is 51.4 Å². The van der Waals surface area contributed by atoms with Crippen LogP contribution >= 0.6 is 0 Å². The van der Waals surface area contributed by atoms with Gasteiger partial charge in [0.15, 0.2) is 0 Å². The molecular formula is C11H20O2. The Labute approximate surface area is 80.3 Å². The van der Waals surface area contributed by atoms with E-state index in [4.69, 9.17) is 5.11 Å². The normalized spacial score (nSPS) is 17.9. The van der Waals surface area contributed by atoms with Crippen molar-refractivity contribution in [1.29, 1.82) is 0 Å². The fraction of sp³-hybridized carbons (Fsp3) is 0.909.